The molecule has 0 N–H and O–H groups in total. The summed E-state index contributed by atoms with van der Waals surface area (Å²) < 4.78 is 5.29. The van der Waals surface area contributed by atoms with Crippen LogP contribution in [-0.4, -0.2) is 4.57 Å². The summed E-state index contributed by atoms with van der Waals surface area (Å²) in [6, 6.07) is 43.3. The number of rotatable bonds is 2. The van der Waals surface area contributed by atoms with Crippen LogP contribution in [-0.2, 0) is 12.8 Å². The molecule has 0 saturated heterocycles. The topological polar surface area (TPSA) is 4.93 Å². The van der Waals surface area contributed by atoms with Crippen molar-refractivity contribution in [1.29, 1.82) is 0 Å². The Labute approximate surface area is 260 Å². The van der Waals surface area contributed by atoms with Gasteiger partial charge in [0, 0.05) is 32.2 Å². The lowest BCUT2D eigenvalue weighted by atomic mass is 9.88. The van der Waals surface area contributed by atoms with Gasteiger partial charge in [-0.2, -0.15) is 0 Å². The van der Waals surface area contributed by atoms with Gasteiger partial charge in [-0.3, -0.25) is 0 Å². The van der Waals surface area contributed by atoms with Gasteiger partial charge < -0.3 is 4.57 Å². The number of nitrogens with zero attached hydrogens (tertiary/aromatic N) is 1. The minimum Gasteiger partial charge on any atom is -0.308 e. The molecule has 44 heavy (non-hydrogen) atoms. The smallest absolute Gasteiger partial charge is 0.0722 e. The largest absolute Gasteiger partial charge is 0.308 e. The minimum atomic E-state index is 0.496. The summed E-state index contributed by atoms with van der Waals surface area (Å²) in [6.45, 7) is 2.35. The first-order valence-electron chi connectivity index (χ1n) is 15.6. The maximum Gasteiger partial charge on any atom is 0.0722 e. The van der Waals surface area contributed by atoms with Crippen molar-refractivity contribution in [2.75, 3.05) is 0 Å². The lowest BCUT2D eigenvalue weighted by Crippen LogP contribution is -2.05. The molecule has 2 aliphatic rings. The standard InChI is InChI=1S/C42H29NS/c1-25-14-19-38-37(20-25)40-35(30-16-15-29-21-28-10-4-5-11-32(28)34(29)23-30)24-36-33-12-6-7-13-39(33)44-42(36)41(40)43(38)31-18-17-26-8-2-3-9-27(26)22-31/h2-19,22-25H,20-21H2,1H3. The molecule has 0 bridgehead atoms. The number of hydrogen-bond donors (Lipinski definition) is 0. The number of fused-ring (bicyclic) bond motifs is 11. The van der Waals surface area contributed by atoms with Crippen LogP contribution in [0.5, 0.6) is 0 Å². The molecule has 6 aromatic carbocycles. The molecule has 1 unspecified atom stereocenters. The lowest BCUT2D eigenvalue weighted by molar-refractivity contribution is 0.718. The molecule has 0 spiro atoms. The predicted octanol–water partition coefficient (Wildman–Crippen LogP) is 11.6. The minimum absolute atomic E-state index is 0.496. The van der Waals surface area contributed by atoms with Crippen LogP contribution in [0.15, 0.2) is 121 Å². The second kappa shape index (κ2) is 9.05. The molecule has 0 amide bonds. The van der Waals surface area contributed by atoms with Crippen LogP contribution in [0.1, 0.15) is 29.3 Å². The van der Waals surface area contributed by atoms with Crippen LogP contribution in [0, 0.1) is 5.92 Å². The van der Waals surface area contributed by atoms with Crippen molar-refractivity contribution in [2.45, 2.75) is 19.8 Å². The van der Waals surface area contributed by atoms with E-state index in [9.17, 15) is 0 Å². The molecule has 0 fully saturated rings. The van der Waals surface area contributed by atoms with E-state index in [4.69, 9.17) is 0 Å². The molecule has 0 saturated carbocycles. The predicted molar refractivity (Wildman–Crippen MR) is 189 cm³/mol. The Morgan fingerprint density at radius 2 is 1.50 bits per heavy atom. The Hall–Kier alpha value is -4.92. The molecule has 2 heteroatoms. The summed E-state index contributed by atoms with van der Waals surface area (Å²) in [5.41, 5.74) is 13.7. The first-order valence-corrected chi connectivity index (χ1v) is 16.4. The van der Waals surface area contributed by atoms with Crippen molar-refractivity contribution in [1.82, 2.24) is 4.57 Å². The second-order valence-electron chi connectivity index (χ2n) is 12.6. The highest BCUT2D eigenvalue weighted by Crippen LogP contribution is 2.49. The lowest BCUT2D eigenvalue weighted by Gasteiger charge is -2.16. The molecule has 208 valence electrons. The highest BCUT2D eigenvalue weighted by atomic mass is 32.1. The van der Waals surface area contributed by atoms with Gasteiger partial charge >= 0.3 is 0 Å². The normalized spacial score (nSPS) is 15.3. The van der Waals surface area contributed by atoms with Crippen molar-refractivity contribution >= 4 is 59.3 Å². The van der Waals surface area contributed by atoms with Crippen LogP contribution in [0.3, 0.4) is 0 Å². The molecule has 2 aromatic heterocycles. The average molecular weight is 580 g/mol. The Balaban J connectivity index is 1.36. The number of allylic oxidation sites excluding steroid dienone is 1. The van der Waals surface area contributed by atoms with E-state index >= 15 is 0 Å². The van der Waals surface area contributed by atoms with Gasteiger partial charge in [-0.15, -0.1) is 11.3 Å². The third kappa shape index (κ3) is 3.40. The van der Waals surface area contributed by atoms with E-state index < -0.39 is 0 Å². The van der Waals surface area contributed by atoms with Crippen molar-refractivity contribution in [3.8, 4) is 27.9 Å². The number of thiophene rings is 1. The van der Waals surface area contributed by atoms with Crippen LogP contribution in [0.25, 0.3) is 75.9 Å². The van der Waals surface area contributed by atoms with E-state index in [1.807, 2.05) is 11.3 Å². The van der Waals surface area contributed by atoms with Gasteiger partial charge in [0.25, 0.3) is 0 Å². The molecule has 0 aliphatic heterocycles. The van der Waals surface area contributed by atoms with Crippen molar-refractivity contribution in [3.05, 3.63) is 144 Å². The highest BCUT2D eigenvalue weighted by molar-refractivity contribution is 7.26. The highest BCUT2D eigenvalue weighted by Gasteiger charge is 2.28. The first kappa shape index (κ1) is 24.5. The fourth-order valence-electron chi connectivity index (χ4n) is 7.87. The summed E-state index contributed by atoms with van der Waals surface area (Å²) >= 11 is 1.94. The summed E-state index contributed by atoms with van der Waals surface area (Å²) in [4.78, 5) is 0. The molecular weight excluding hydrogens is 551 g/mol. The van der Waals surface area contributed by atoms with Crippen LogP contribution in [0.4, 0.5) is 0 Å². The zero-order valence-corrected chi connectivity index (χ0v) is 25.3. The van der Waals surface area contributed by atoms with Crippen molar-refractivity contribution < 1.29 is 0 Å². The first-order chi connectivity index (χ1) is 21.7. The second-order valence-corrected chi connectivity index (χ2v) is 13.7. The van der Waals surface area contributed by atoms with Crippen LogP contribution < -0.4 is 0 Å². The van der Waals surface area contributed by atoms with Gasteiger partial charge in [-0.25, -0.2) is 0 Å². The quantitative estimate of drug-likeness (QED) is 0.192. The van der Waals surface area contributed by atoms with E-state index in [0.29, 0.717) is 5.92 Å². The molecule has 2 aliphatic carbocycles. The SMILES string of the molecule is CC1C=Cc2c(c3c(-c4ccc5c(c4)-c4ccccc4C5)cc4c5ccccc5sc4c3n2-c2ccc3ccccc3c2)C1. The third-order valence-corrected chi connectivity index (χ3v) is 11.1. The Kier molecular flexibility index (Phi) is 5.04. The molecule has 2 heterocycles. The number of aromatic nitrogens is 1. The average Bonchev–Trinajstić information content (AvgIpc) is 3.73. The fraction of sp³-hybridized carbons (Fsp3) is 0.0952. The molecule has 8 aromatic rings. The van der Waals surface area contributed by atoms with Gasteiger partial charge in [0.1, 0.15) is 0 Å². The van der Waals surface area contributed by atoms with Gasteiger partial charge in [0.05, 0.1) is 10.2 Å². The maximum absolute atomic E-state index is 2.57. The molecule has 1 atom stereocenters. The van der Waals surface area contributed by atoms with E-state index in [2.05, 4.69) is 139 Å². The summed E-state index contributed by atoms with van der Waals surface area (Å²) in [7, 11) is 0. The fourth-order valence-corrected chi connectivity index (χ4v) is 9.10. The molecule has 1 nitrogen and oxygen atoms in total. The van der Waals surface area contributed by atoms with Crippen molar-refractivity contribution in [3.63, 3.8) is 0 Å². The Bertz CT molecular complexity index is 2520. The van der Waals surface area contributed by atoms with E-state index in [1.165, 1.54) is 92.2 Å². The number of benzene rings is 6. The van der Waals surface area contributed by atoms with Crippen molar-refractivity contribution in [2.24, 2.45) is 5.92 Å². The van der Waals surface area contributed by atoms with E-state index in [1.54, 1.807) is 0 Å². The molecule has 10 rings (SSSR count). The molecule has 0 radical (unpaired) electrons. The van der Waals surface area contributed by atoms with E-state index in [0.717, 1.165) is 12.8 Å². The van der Waals surface area contributed by atoms with E-state index in [-0.39, 0.29) is 0 Å². The zero-order valence-electron chi connectivity index (χ0n) is 24.5. The monoisotopic (exact) mass is 579 g/mol. The maximum atomic E-state index is 2.57. The van der Waals surface area contributed by atoms with Gasteiger partial charge in [0.2, 0.25) is 0 Å². The summed E-state index contributed by atoms with van der Waals surface area (Å²) in [5, 5.41) is 6.65. The van der Waals surface area contributed by atoms with Gasteiger partial charge in [-0.1, -0.05) is 97.9 Å². The Morgan fingerprint density at radius 3 is 2.45 bits per heavy atom. The van der Waals surface area contributed by atoms with Gasteiger partial charge in [-0.05, 0) is 105 Å². The zero-order chi connectivity index (χ0) is 28.9. The van der Waals surface area contributed by atoms with Crippen LogP contribution >= 0.6 is 11.3 Å². The summed E-state index contributed by atoms with van der Waals surface area (Å²) in [5.74, 6) is 0.496. The molecular formula is C42H29NS. The van der Waals surface area contributed by atoms with Crippen LogP contribution in [0.2, 0.25) is 0 Å². The summed E-state index contributed by atoms with van der Waals surface area (Å²) in [6.07, 6.45) is 6.85. The third-order valence-electron chi connectivity index (χ3n) is 9.93. The number of hydrogen-bond acceptors (Lipinski definition) is 1. The Morgan fingerprint density at radius 1 is 0.682 bits per heavy atom. The van der Waals surface area contributed by atoms with Gasteiger partial charge in [0.15, 0.2) is 0 Å².